The Morgan fingerprint density at radius 3 is 2.72 bits per heavy atom. The second kappa shape index (κ2) is 7.37. The van der Waals surface area contributed by atoms with Crippen LogP contribution in [0.5, 0.6) is 0 Å². The van der Waals surface area contributed by atoms with Gasteiger partial charge in [0.05, 0.1) is 28.9 Å². The molecule has 0 atom stereocenters. The van der Waals surface area contributed by atoms with E-state index in [1.165, 1.54) is 47.9 Å². The molecule has 3 rings (SSSR count). The maximum absolute atomic E-state index is 12.8. The minimum atomic E-state index is -4.45. The Morgan fingerprint density at radius 1 is 1.34 bits per heavy atom. The summed E-state index contributed by atoms with van der Waals surface area (Å²) in [5.74, 6) is -0.793. The van der Waals surface area contributed by atoms with Crippen LogP contribution >= 0.6 is 0 Å². The molecule has 1 aromatic carbocycles. The van der Waals surface area contributed by atoms with Gasteiger partial charge in [0.2, 0.25) is 5.69 Å². The first kappa shape index (κ1) is 20.0. The summed E-state index contributed by atoms with van der Waals surface area (Å²) in [5, 5.41) is 21.5. The molecule has 1 amide bonds. The summed E-state index contributed by atoms with van der Waals surface area (Å²) in [6.07, 6.45) is -1.76. The molecule has 0 saturated heterocycles. The normalized spacial score (nSPS) is 11.5. The first-order valence-electron chi connectivity index (χ1n) is 8.24. The Bertz CT molecular complexity index is 1090. The van der Waals surface area contributed by atoms with Gasteiger partial charge in [0.1, 0.15) is 5.69 Å². The van der Waals surface area contributed by atoms with Crippen LogP contribution in [-0.4, -0.2) is 30.4 Å². The van der Waals surface area contributed by atoms with Crippen molar-refractivity contribution in [3.63, 3.8) is 0 Å². The van der Waals surface area contributed by atoms with E-state index in [1.54, 1.807) is 0 Å². The Labute approximate surface area is 161 Å². The number of hydrogen-bond acceptors (Lipinski definition) is 5. The molecule has 0 aliphatic rings. The molecule has 1 N–H and O–H groups in total. The van der Waals surface area contributed by atoms with Crippen molar-refractivity contribution in [3.8, 4) is 0 Å². The van der Waals surface area contributed by atoms with Gasteiger partial charge >= 0.3 is 11.9 Å². The Hall–Kier alpha value is -3.70. The van der Waals surface area contributed by atoms with E-state index in [0.29, 0.717) is 5.56 Å². The number of anilines is 1. The van der Waals surface area contributed by atoms with Crippen LogP contribution in [0.15, 0.2) is 36.7 Å². The Morgan fingerprint density at radius 2 is 2.07 bits per heavy atom. The molecule has 3 aromatic rings. The smallest absolute Gasteiger partial charge is 0.318 e. The van der Waals surface area contributed by atoms with Crippen LogP contribution in [0.2, 0.25) is 0 Å². The summed E-state index contributed by atoms with van der Waals surface area (Å²) in [4.78, 5) is 22.9. The van der Waals surface area contributed by atoms with Crippen molar-refractivity contribution in [2.75, 3.05) is 5.32 Å². The summed E-state index contributed by atoms with van der Waals surface area (Å²) in [6, 6.07) is 4.81. The summed E-state index contributed by atoms with van der Waals surface area (Å²) in [7, 11) is 1.48. The maximum Gasteiger partial charge on any atom is 0.416 e. The first-order valence-corrected chi connectivity index (χ1v) is 8.24. The number of nitrogens with zero attached hydrogens (tertiary/aromatic N) is 5. The highest BCUT2D eigenvalue weighted by Crippen LogP contribution is 2.29. The minimum absolute atomic E-state index is 0.0443. The van der Waals surface area contributed by atoms with Gasteiger partial charge in [-0.1, -0.05) is 12.1 Å². The number of aryl methyl sites for hydroxylation is 1. The number of alkyl halides is 3. The van der Waals surface area contributed by atoms with Crippen molar-refractivity contribution in [1.82, 2.24) is 19.6 Å². The zero-order valence-electron chi connectivity index (χ0n) is 15.3. The van der Waals surface area contributed by atoms with E-state index in [2.05, 4.69) is 15.5 Å². The number of nitro groups is 1. The van der Waals surface area contributed by atoms with Crippen molar-refractivity contribution < 1.29 is 22.9 Å². The lowest BCUT2D eigenvalue weighted by Crippen LogP contribution is -2.14. The van der Waals surface area contributed by atoms with Gasteiger partial charge in [0.15, 0.2) is 0 Å². The van der Waals surface area contributed by atoms with Crippen LogP contribution in [0.1, 0.15) is 27.3 Å². The van der Waals surface area contributed by atoms with E-state index in [-0.39, 0.29) is 23.6 Å². The fourth-order valence-corrected chi connectivity index (χ4v) is 2.71. The zero-order chi connectivity index (χ0) is 21.3. The van der Waals surface area contributed by atoms with Crippen LogP contribution in [0.3, 0.4) is 0 Å². The zero-order valence-corrected chi connectivity index (χ0v) is 15.3. The van der Waals surface area contributed by atoms with Gasteiger partial charge < -0.3 is 5.32 Å². The summed E-state index contributed by atoms with van der Waals surface area (Å²) >= 11 is 0. The molecule has 0 fully saturated rings. The highest BCUT2D eigenvalue weighted by atomic mass is 19.4. The third kappa shape index (κ3) is 4.25. The van der Waals surface area contributed by atoms with Crippen LogP contribution in [0.4, 0.5) is 24.5 Å². The number of hydrogen-bond donors (Lipinski definition) is 1. The number of carbonyl (C=O) groups excluding carboxylic acids is 1. The van der Waals surface area contributed by atoms with Crippen molar-refractivity contribution in [1.29, 1.82) is 0 Å². The predicted molar refractivity (Wildman–Crippen MR) is 95.3 cm³/mol. The molecule has 0 saturated carbocycles. The molecule has 0 radical (unpaired) electrons. The van der Waals surface area contributed by atoms with E-state index >= 15 is 0 Å². The van der Waals surface area contributed by atoms with Crippen LogP contribution in [-0.2, 0) is 19.8 Å². The van der Waals surface area contributed by atoms with Gasteiger partial charge in [-0.15, -0.1) is 0 Å². The van der Waals surface area contributed by atoms with Crippen molar-refractivity contribution in [3.05, 3.63) is 69.3 Å². The second-order valence-electron chi connectivity index (χ2n) is 6.24. The SMILES string of the molecule is Cc1c([N+](=O)[O-])c(C(=O)Nc2cnn(Cc3cccc(C(F)(F)F)c3)c2)nn1C. The summed E-state index contributed by atoms with van der Waals surface area (Å²) < 4.78 is 41.0. The number of benzene rings is 1. The lowest BCUT2D eigenvalue weighted by molar-refractivity contribution is -0.385. The van der Waals surface area contributed by atoms with Crippen LogP contribution < -0.4 is 5.32 Å². The number of carbonyl (C=O) groups is 1. The lowest BCUT2D eigenvalue weighted by atomic mass is 10.1. The average molecular weight is 408 g/mol. The lowest BCUT2D eigenvalue weighted by Gasteiger charge is -2.08. The van der Waals surface area contributed by atoms with Gasteiger partial charge in [0.25, 0.3) is 5.91 Å². The molecule has 12 heteroatoms. The van der Waals surface area contributed by atoms with E-state index in [4.69, 9.17) is 0 Å². The highest BCUT2D eigenvalue weighted by molar-refractivity contribution is 6.05. The van der Waals surface area contributed by atoms with Crippen molar-refractivity contribution >= 4 is 17.3 Å². The van der Waals surface area contributed by atoms with Crippen LogP contribution in [0, 0.1) is 17.0 Å². The molecule has 0 aliphatic heterocycles. The fourth-order valence-electron chi connectivity index (χ4n) is 2.71. The second-order valence-corrected chi connectivity index (χ2v) is 6.24. The maximum atomic E-state index is 12.8. The average Bonchev–Trinajstić information content (AvgIpc) is 3.19. The standard InChI is InChI=1S/C17H15F3N6O3/c1-10-15(26(28)29)14(23-24(10)2)16(27)22-13-7-21-25(9-13)8-11-4-3-5-12(6-11)17(18,19)20/h3-7,9H,8H2,1-2H3,(H,22,27). The van der Waals surface area contributed by atoms with Gasteiger partial charge in [-0.2, -0.15) is 23.4 Å². The number of rotatable bonds is 5. The molecule has 2 heterocycles. The Kier molecular flexibility index (Phi) is 5.10. The predicted octanol–water partition coefficient (Wildman–Crippen LogP) is 3.15. The fraction of sp³-hybridized carbons (Fsp3) is 0.235. The Balaban J connectivity index is 1.76. The van der Waals surface area contributed by atoms with E-state index in [0.717, 1.165) is 12.1 Å². The van der Waals surface area contributed by atoms with Crippen molar-refractivity contribution in [2.45, 2.75) is 19.6 Å². The topological polar surface area (TPSA) is 108 Å². The van der Waals surface area contributed by atoms with Gasteiger partial charge in [-0.3, -0.25) is 24.3 Å². The summed E-state index contributed by atoms with van der Waals surface area (Å²) in [5.41, 5.74) is -0.702. The molecule has 0 bridgehead atoms. The minimum Gasteiger partial charge on any atom is -0.318 e. The van der Waals surface area contributed by atoms with Crippen LogP contribution in [0.25, 0.3) is 0 Å². The highest BCUT2D eigenvalue weighted by Gasteiger charge is 2.31. The molecule has 29 heavy (non-hydrogen) atoms. The molecule has 0 spiro atoms. The van der Waals surface area contributed by atoms with Gasteiger partial charge in [-0.05, 0) is 24.6 Å². The number of halogens is 3. The first-order chi connectivity index (χ1) is 13.6. The number of aromatic nitrogens is 4. The number of amides is 1. The largest absolute Gasteiger partial charge is 0.416 e. The monoisotopic (exact) mass is 408 g/mol. The van der Waals surface area contributed by atoms with Gasteiger partial charge in [-0.25, -0.2) is 0 Å². The van der Waals surface area contributed by atoms with E-state index in [9.17, 15) is 28.1 Å². The van der Waals surface area contributed by atoms with E-state index < -0.39 is 28.3 Å². The third-order valence-electron chi connectivity index (χ3n) is 4.19. The molecule has 0 aliphatic carbocycles. The molecule has 9 nitrogen and oxygen atoms in total. The summed E-state index contributed by atoms with van der Waals surface area (Å²) in [6.45, 7) is 1.51. The quantitative estimate of drug-likeness (QED) is 0.515. The van der Waals surface area contributed by atoms with Gasteiger partial charge in [0, 0.05) is 13.2 Å². The molecule has 0 unspecified atom stereocenters. The van der Waals surface area contributed by atoms with Crippen molar-refractivity contribution in [2.24, 2.45) is 7.05 Å². The van der Waals surface area contributed by atoms with E-state index in [1.807, 2.05) is 0 Å². The number of nitrogens with one attached hydrogen (secondary N) is 1. The molecular formula is C17H15F3N6O3. The molecule has 2 aromatic heterocycles. The molecule has 152 valence electrons. The third-order valence-corrected chi connectivity index (χ3v) is 4.19. The molecular weight excluding hydrogens is 393 g/mol.